The number of hydrogen-bond acceptors (Lipinski definition) is 4. The first-order valence-electron chi connectivity index (χ1n) is 6.87. The van der Waals surface area contributed by atoms with Crippen molar-refractivity contribution in [1.82, 2.24) is 0 Å². The summed E-state index contributed by atoms with van der Waals surface area (Å²) in [6, 6.07) is 13.3. The van der Waals surface area contributed by atoms with Crippen molar-refractivity contribution < 1.29 is 24.5 Å². The van der Waals surface area contributed by atoms with Gasteiger partial charge < -0.3 is 14.9 Å². The minimum atomic E-state index is -1.21. The standard InChI is InChI=1S/C17H11ClO5S/c18-13-14(23-8-12(19)20)16(17(21)22)24-15(13)11-7-3-5-9-4-1-2-6-10(9)11/h1-7H,8H2,(H,19,20)(H,21,22). The molecule has 0 radical (unpaired) electrons. The van der Waals surface area contributed by atoms with Gasteiger partial charge in [0.2, 0.25) is 0 Å². The minimum absolute atomic E-state index is 0.106. The molecule has 2 aromatic carbocycles. The first-order chi connectivity index (χ1) is 11.5. The first kappa shape index (κ1) is 16.3. The van der Waals surface area contributed by atoms with E-state index < -0.39 is 18.5 Å². The van der Waals surface area contributed by atoms with Gasteiger partial charge in [0.05, 0.1) is 4.88 Å². The van der Waals surface area contributed by atoms with Gasteiger partial charge in [-0.2, -0.15) is 0 Å². The van der Waals surface area contributed by atoms with Crippen LogP contribution in [0.5, 0.6) is 5.75 Å². The molecule has 122 valence electrons. The topological polar surface area (TPSA) is 83.8 Å². The largest absolute Gasteiger partial charge is 0.479 e. The zero-order valence-electron chi connectivity index (χ0n) is 12.2. The number of carboxylic acids is 2. The molecule has 0 unspecified atom stereocenters. The molecule has 0 atom stereocenters. The van der Waals surface area contributed by atoms with Crippen LogP contribution in [0.4, 0.5) is 0 Å². The Morgan fingerprint density at radius 3 is 2.50 bits per heavy atom. The molecule has 2 N–H and O–H groups in total. The zero-order valence-corrected chi connectivity index (χ0v) is 13.7. The third-order valence-electron chi connectivity index (χ3n) is 3.38. The van der Waals surface area contributed by atoms with Crippen LogP contribution in [0.3, 0.4) is 0 Å². The summed E-state index contributed by atoms with van der Waals surface area (Å²) >= 11 is 7.29. The van der Waals surface area contributed by atoms with E-state index in [-0.39, 0.29) is 15.6 Å². The third-order valence-corrected chi connectivity index (χ3v) is 5.04. The average Bonchev–Trinajstić information content (AvgIpc) is 2.89. The van der Waals surface area contributed by atoms with Crippen LogP contribution in [0.25, 0.3) is 21.2 Å². The minimum Gasteiger partial charge on any atom is -0.479 e. The fraction of sp³-hybridized carbons (Fsp3) is 0.0588. The summed E-state index contributed by atoms with van der Waals surface area (Å²) < 4.78 is 5.10. The molecular formula is C17H11ClO5S. The summed E-state index contributed by atoms with van der Waals surface area (Å²) in [6.45, 7) is -0.661. The van der Waals surface area contributed by atoms with E-state index in [1.54, 1.807) is 0 Å². The number of benzene rings is 2. The van der Waals surface area contributed by atoms with Crippen LogP contribution in [-0.4, -0.2) is 28.8 Å². The molecule has 5 nitrogen and oxygen atoms in total. The van der Waals surface area contributed by atoms with Gasteiger partial charge in [-0.05, 0) is 10.8 Å². The van der Waals surface area contributed by atoms with Gasteiger partial charge in [-0.15, -0.1) is 11.3 Å². The van der Waals surface area contributed by atoms with Gasteiger partial charge in [0, 0.05) is 5.56 Å². The summed E-state index contributed by atoms with van der Waals surface area (Å²) in [7, 11) is 0. The molecule has 1 aromatic heterocycles. The lowest BCUT2D eigenvalue weighted by Gasteiger charge is -2.06. The molecule has 0 aliphatic carbocycles. The lowest BCUT2D eigenvalue weighted by atomic mass is 10.0. The number of halogens is 1. The van der Waals surface area contributed by atoms with Crippen LogP contribution < -0.4 is 4.74 Å². The van der Waals surface area contributed by atoms with Gasteiger partial charge in [0.1, 0.15) is 5.02 Å². The van der Waals surface area contributed by atoms with Crippen molar-refractivity contribution in [2.45, 2.75) is 0 Å². The second-order valence-electron chi connectivity index (χ2n) is 4.92. The van der Waals surface area contributed by atoms with Crippen molar-refractivity contribution in [2.24, 2.45) is 0 Å². The van der Waals surface area contributed by atoms with Crippen LogP contribution >= 0.6 is 22.9 Å². The monoisotopic (exact) mass is 362 g/mol. The predicted octanol–water partition coefficient (Wildman–Crippen LogP) is 4.38. The second-order valence-corrected chi connectivity index (χ2v) is 6.32. The highest BCUT2D eigenvalue weighted by Gasteiger charge is 2.25. The number of fused-ring (bicyclic) bond motifs is 1. The quantitative estimate of drug-likeness (QED) is 0.703. The van der Waals surface area contributed by atoms with Crippen LogP contribution in [0.15, 0.2) is 42.5 Å². The van der Waals surface area contributed by atoms with Crippen LogP contribution in [0.2, 0.25) is 5.02 Å². The number of rotatable bonds is 5. The van der Waals surface area contributed by atoms with E-state index in [1.165, 1.54) is 0 Å². The highest BCUT2D eigenvalue weighted by molar-refractivity contribution is 7.18. The Bertz CT molecular complexity index is 942. The van der Waals surface area contributed by atoms with Crippen LogP contribution in [0, 0.1) is 0 Å². The van der Waals surface area contributed by atoms with Crippen LogP contribution in [-0.2, 0) is 4.79 Å². The molecule has 0 aliphatic heterocycles. The van der Waals surface area contributed by atoms with Gasteiger partial charge in [-0.3, -0.25) is 0 Å². The van der Waals surface area contributed by atoms with Crippen molar-refractivity contribution >= 4 is 45.6 Å². The summed E-state index contributed by atoms with van der Waals surface area (Å²) in [5.41, 5.74) is 0.774. The molecule has 7 heteroatoms. The van der Waals surface area contributed by atoms with E-state index in [2.05, 4.69) is 0 Å². The van der Waals surface area contributed by atoms with Crippen molar-refractivity contribution in [3.63, 3.8) is 0 Å². The number of ether oxygens (including phenoxy) is 1. The Morgan fingerprint density at radius 2 is 1.79 bits per heavy atom. The molecule has 3 aromatic rings. The molecular weight excluding hydrogens is 352 g/mol. The number of carbonyl (C=O) groups is 2. The molecule has 0 fully saturated rings. The summed E-state index contributed by atoms with van der Waals surface area (Å²) in [5, 5.41) is 20.1. The Hall–Kier alpha value is -2.57. The highest BCUT2D eigenvalue weighted by atomic mass is 35.5. The SMILES string of the molecule is O=C(O)COc1c(C(=O)O)sc(-c2cccc3ccccc23)c1Cl. The maximum atomic E-state index is 11.5. The number of thiophene rings is 1. The molecule has 3 rings (SSSR count). The summed E-state index contributed by atoms with van der Waals surface area (Å²) in [4.78, 5) is 22.6. The fourth-order valence-corrected chi connectivity index (χ4v) is 3.83. The third kappa shape index (κ3) is 2.93. The number of carboxylic acid groups (broad SMARTS) is 2. The van der Waals surface area contributed by atoms with E-state index in [1.807, 2.05) is 42.5 Å². The lowest BCUT2D eigenvalue weighted by molar-refractivity contribution is -0.139. The van der Waals surface area contributed by atoms with Gasteiger partial charge in [0.15, 0.2) is 17.2 Å². The number of hydrogen-bond donors (Lipinski definition) is 2. The van der Waals surface area contributed by atoms with Gasteiger partial charge in [-0.1, -0.05) is 54.1 Å². The molecule has 0 saturated carbocycles. The maximum absolute atomic E-state index is 11.5. The maximum Gasteiger partial charge on any atom is 0.349 e. The van der Waals surface area contributed by atoms with Crippen molar-refractivity contribution in [2.75, 3.05) is 6.61 Å². The van der Waals surface area contributed by atoms with E-state index in [0.717, 1.165) is 27.7 Å². The van der Waals surface area contributed by atoms with E-state index in [0.29, 0.717) is 4.88 Å². The Morgan fingerprint density at radius 1 is 1.08 bits per heavy atom. The van der Waals surface area contributed by atoms with Crippen molar-refractivity contribution in [3.05, 3.63) is 52.4 Å². The number of aromatic carboxylic acids is 1. The van der Waals surface area contributed by atoms with Crippen LogP contribution in [0.1, 0.15) is 9.67 Å². The van der Waals surface area contributed by atoms with Gasteiger partial charge >= 0.3 is 11.9 Å². The Kier molecular flexibility index (Phi) is 4.42. The predicted molar refractivity (Wildman–Crippen MR) is 92.4 cm³/mol. The average molecular weight is 363 g/mol. The molecule has 24 heavy (non-hydrogen) atoms. The summed E-state index contributed by atoms with van der Waals surface area (Å²) in [5.74, 6) is -2.53. The smallest absolute Gasteiger partial charge is 0.349 e. The van der Waals surface area contributed by atoms with E-state index in [4.69, 9.17) is 21.4 Å². The highest BCUT2D eigenvalue weighted by Crippen LogP contribution is 2.47. The molecule has 0 bridgehead atoms. The normalized spacial score (nSPS) is 10.7. The summed E-state index contributed by atoms with van der Waals surface area (Å²) in [6.07, 6.45) is 0. The Labute approximate surface area is 145 Å². The molecule has 0 aliphatic rings. The van der Waals surface area contributed by atoms with Crippen molar-refractivity contribution in [3.8, 4) is 16.2 Å². The molecule has 0 amide bonds. The van der Waals surface area contributed by atoms with Gasteiger partial charge in [-0.25, -0.2) is 9.59 Å². The first-order valence-corrected chi connectivity index (χ1v) is 8.06. The molecule has 0 spiro atoms. The number of aliphatic carboxylic acids is 1. The zero-order chi connectivity index (χ0) is 17.3. The van der Waals surface area contributed by atoms with Crippen molar-refractivity contribution in [1.29, 1.82) is 0 Å². The fourth-order valence-electron chi connectivity index (χ4n) is 2.40. The molecule has 1 heterocycles. The van der Waals surface area contributed by atoms with E-state index >= 15 is 0 Å². The molecule has 0 saturated heterocycles. The second kappa shape index (κ2) is 6.51. The lowest BCUT2D eigenvalue weighted by Crippen LogP contribution is -2.10. The Balaban J connectivity index is 2.19. The van der Waals surface area contributed by atoms with Gasteiger partial charge in [0.25, 0.3) is 0 Å². The van der Waals surface area contributed by atoms with E-state index in [9.17, 15) is 14.7 Å².